The Morgan fingerprint density at radius 2 is 2.10 bits per heavy atom. The molecule has 0 saturated carbocycles. The lowest BCUT2D eigenvalue weighted by molar-refractivity contribution is -0.00310. The third kappa shape index (κ3) is 3.47. The highest BCUT2D eigenvalue weighted by Crippen LogP contribution is 2.20. The van der Waals surface area contributed by atoms with Gasteiger partial charge in [0.05, 0.1) is 6.20 Å². The maximum absolute atomic E-state index is 4.43. The van der Waals surface area contributed by atoms with Crippen LogP contribution in [0.25, 0.3) is 0 Å². The van der Waals surface area contributed by atoms with E-state index in [1.807, 2.05) is 10.9 Å². The van der Waals surface area contributed by atoms with Gasteiger partial charge in [0.2, 0.25) is 0 Å². The summed E-state index contributed by atoms with van der Waals surface area (Å²) >= 11 is 0. The van der Waals surface area contributed by atoms with E-state index in [1.54, 1.807) is 0 Å². The van der Waals surface area contributed by atoms with Crippen LogP contribution in [0.1, 0.15) is 25.8 Å². The second kappa shape index (κ2) is 6.90. The van der Waals surface area contributed by atoms with Crippen molar-refractivity contribution < 1.29 is 0 Å². The topological polar surface area (TPSA) is 36.3 Å². The average Bonchev–Trinajstić information content (AvgIpc) is 3.00. The van der Waals surface area contributed by atoms with Crippen LogP contribution in [0.15, 0.2) is 12.4 Å². The highest BCUT2D eigenvalue weighted by atomic mass is 15.4. The molecular formula is C16H29N5. The van der Waals surface area contributed by atoms with Gasteiger partial charge in [0, 0.05) is 57.5 Å². The molecule has 118 valence electrons. The molecule has 2 atom stereocenters. The first-order chi connectivity index (χ1) is 10.3. The molecule has 4 heterocycles. The van der Waals surface area contributed by atoms with Crippen LogP contribution >= 0.6 is 0 Å². The second-order valence-electron chi connectivity index (χ2n) is 6.37. The van der Waals surface area contributed by atoms with Crippen molar-refractivity contribution in [2.45, 2.75) is 45.3 Å². The molecule has 1 aromatic heterocycles. The predicted molar refractivity (Wildman–Crippen MR) is 85.5 cm³/mol. The number of aromatic nitrogens is 2. The number of fused-ring (bicyclic) bond motifs is 3. The average molecular weight is 291 g/mol. The number of aryl methyl sites for hydroxylation is 1. The highest BCUT2D eigenvalue weighted by molar-refractivity contribution is 5.09. The fourth-order valence-electron chi connectivity index (χ4n) is 3.65. The number of rotatable bonds is 7. The maximum atomic E-state index is 4.43. The summed E-state index contributed by atoms with van der Waals surface area (Å²) in [4.78, 5) is 5.32. The van der Waals surface area contributed by atoms with Crippen LogP contribution < -0.4 is 5.32 Å². The lowest BCUT2D eigenvalue weighted by Crippen LogP contribution is -2.66. The summed E-state index contributed by atoms with van der Waals surface area (Å²) in [7, 11) is 0. The quantitative estimate of drug-likeness (QED) is 0.807. The first-order valence-corrected chi connectivity index (χ1v) is 8.51. The summed E-state index contributed by atoms with van der Waals surface area (Å²) in [5.74, 6) is 0. The van der Waals surface area contributed by atoms with Gasteiger partial charge in [0.25, 0.3) is 0 Å². The molecule has 3 saturated heterocycles. The van der Waals surface area contributed by atoms with Crippen molar-refractivity contribution in [3.8, 4) is 0 Å². The Kier molecular flexibility index (Phi) is 4.93. The minimum absolute atomic E-state index is 0.544. The van der Waals surface area contributed by atoms with Crippen molar-refractivity contribution in [2.75, 3.05) is 39.3 Å². The SMILES string of the molecule is CCCNC(Cc1cnn(CC)c1)C1CN2CCN1CC2. The van der Waals surface area contributed by atoms with Gasteiger partial charge in [-0.3, -0.25) is 14.5 Å². The molecule has 1 aromatic rings. The van der Waals surface area contributed by atoms with Crippen LogP contribution in [-0.4, -0.2) is 70.9 Å². The zero-order valence-corrected chi connectivity index (χ0v) is 13.5. The normalized spacial score (nSPS) is 29.7. The highest BCUT2D eigenvalue weighted by Gasteiger charge is 2.36. The first kappa shape index (κ1) is 15.0. The summed E-state index contributed by atoms with van der Waals surface area (Å²) in [5.41, 5.74) is 1.36. The monoisotopic (exact) mass is 291 g/mol. The van der Waals surface area contributed by atoms with E-state index in [0.29, 0.717) is 12.1 Å². The van der Waals surface area contributed by atoms with Gasteiger partial charge in [0.1, 0.15) is 0 Å². The molecule has 5 nitrogen and oxygen atoms in total. The van der Waals surface area contributed by atoms with Crippen molar-refractivity contribution in [1.29, 1.82) is 0 Å². The summed E-state index contributed by atoms with van der Waals surface area (Å²) in [6.45, 7) is 12.7. The van der Waals surface area contributed by atoms with Crippen LogP contribution in [0.5, 0.6) is 0 Å². The van der Waals surface area contributed by atoms with Crippen molar-refractivity contribution in [1.82, 2.24) is 24.9 Å². The van der Waals surface area contributed by atoms with Crippen molar-refractivity contribution in [3.63, 3.8) is 0 Å². The number of hydrogen-bond acceptors (Lipinski definition) is 4. The number of piperazine rings is 3. The molecule has 1 N–H and O–H groups in total. The van der Waals surface area contributed by atoms with Gasteiger partial charge in [-0.15, -0.1) is 0 Å². The Morgan fingerprint density at radius 3 is 2.67 bits per heavy atom. The van der Waals surface area contributed by atoms with Gasteiger partial charge < -0.3 is 5.32 Å². The van der Waals surface area contributed by atoms with Crippen LogP contribution in [0.2, 0.25) is 0 Å². The molecule has 2 bridgehead atoms. The molecule has 0 aliphatic carbocycles. The zero-order chi connectivity index (χ0) is 14.7. The lowest BCUT2D eigenvalue weighted by Gasteiger charge is -2.50. The van der Waals surface area contributed by atoms with Crippen LogP contribution in [-0.2, 0) is 13.0 Å². The van der Waals surface area contributed by atoms with Crippen LogP contribution in [0.4, 0.5) is 0 Å². The third-order valence-corrected chi connectivity index (χ3v) is 4.91. The summed E-state index contributed by atoms with van der Waals surface area (Å²) in [6, 6.07) is 1.20. The predicted octanol–water partition coefficient (Wildman–Crippen LogP) is 0.814. The van der Waals surface area contributed by atoms with E-state index in [1.165, 1.54) is 44.7 Å². The fourth-order valence-corrected chi connectivity index (χ4v) is 3.65. The Balaban J connectivity index is 1.68. The van der Waals surface area contributed by atoms with Crippen molar-refractivity contribution in [2.24, 2.45) is 0 Å². The van der Waals surface area contributed by atoms with E-state index in [0.717, 1.165) is 19.5 Å². The van der Waals surface area contributed by atoms with Crippen LogP contribution in [0.3, 0.4) is 0 Å². The standard InChI is InChI=1S/C16H29N5/c1-3-5-17-15(10-14-11-18-21(4-2)12-14)16-13-19-6-8-20(16)9-7-19/h11-12,15-17H,3-10,13H2,1-2H3. The van der Waals surface area contributed by atoms with Gasteiger partial charge in [-0.2, -0.15) is 5.10 Å². The van der Waals surface area contributed by atoms with Gasteiger partial charge in [-0.1, -0.05) is 6.92 Å². The van der Waals surface area contributed by atoms with E-state index in [9.17, 15) is 0 Å². The minimum Gasteiger partial charge on any atom is -0.312 e. The summed E-state index contributed by atoms with van der Waals surface area (Å²) < 4.78 is 2.03. The Bertz CT molecular complexity index is 436. The molecule has 21 heavy (non-hydrogen) atoms. The van der Waals surface area contributed by atoms with E-state index < -0.39 is 0 Å². The van der Waals surface area contributed by atoms with E-state index >= 15 is 0 Å². The molecule has 0 spiro atoms. The van der Waals surface area contributed by atoms with E-state index in [4.69, 9.17) is 0 Å². The third-order valence-electron chi connectivity index (χ3n) is 4.91. The molecule has 3 aliphatic heterocycles. The number of hydrogen-bond donors (Lipinski definition) is 1. The Labute approximate surface area is 128 Å². The van der Waals surface area contributed by atoms with Gasteiger partial charge in [0.15, 0.2) is 0 Å². The van der Waals surface area contributed by atoms with Gasteiger partial charge in [-0.25, -0.2) is 0 Å². The maximum Gasteiger partial charge on any atom is 0.0522 e. The summed E-state index contributed by atoms with van der Waals surface area (Å²) in [5, 5.41) is 8.22. The van der Waals surface area contributed by atoms with Gasteiger partial charge in [-0.05, 0) is 31.9 Å². The first-order valence-electron chi connectivity index (χ1n) is 8.51. The Morgan fingerprint density at radius 1 is 1.29 bits per heavy atom. The second-order valence-corrected chi connectivity index (χ2v) is 6.37. The van der Waals surface area contributed by atoms with Crippen molar-refractivity contribution in [3.05, 3.63) is 18.0 Å². The fraction of sp³-hybridized carbons (Fsp3) is 0.812. The molecule has 4 rings (SSSR count). The minimum atomic E-state index is 0.544. The number of nitrogens with zero attached hydrogens (tertiary/aromatic N) is 4. The summed E-state index contributed by atoms with van der Waals surface area (Å²) in [6.07, 6.45) is 6.54. The number of nitrogens with one attached hydrogen (secondary N) is 1. The molecule has 0 aromatic carbocycles. The molecule has 5 heteroatoms. The molecule has 0 amide bonds. The molecule has 3 fully saturated rings. The zero-order valence-electron chi connectivity index (χ0n) is 13.5. The van der Waals surface area contributed by atoms with E-state index in [-0.39, 0.29) is 0 Å². The van der Waals surface area contributed by atoms with Crippen molar-refractivity contribution >= 4 is 0 Å². The van der Waals surface area contributed by atoms with Gasteiger partial charge >= 0.3 is 0 Å². The molecule has 3 aliphatic rings. The smallest absolute Gasteiger partial charge is 0.0522 e. The lowest BCUT2D eigenvalue weighted by atomic mass is 9.95. The largest absolute Gasteiger partial charge is 0.312 e. The Hall–Kier alpha value is -0.910. The van der Waals surface area contributed by atoms with E-state index in [2.05, 4.69) is 40.3 Å². The molecule has 0 radical (unpaired) electrons. The molecule has 2 unspecified atom stereocenters. The molecular weight excluding hydrogens is 262 g/mol. The van der Waals surface area contributed by atoms with Crippen LogP contribution in [0, 0.1) is 0 Å².